The Balaban J connectivity index is 0. The Hall–Kier alpha value is -9.70. The lowest BCUT2D eigenvalue weighted by Gasteiger charge is -2.28. The van der Waals surface area contributed by atoms with Crippen molar-refractivity contribution in [3.05, 3.63) is 180 Å². The molecule has 1 N–H and O–H groups in total. The van der Waals surface area contributed by atoms with E-state index < -0.39 is 10.8 Å². The third-order valence-corrected chi connectivity index (χ3v) is 20.1. The van der Waals surface area contributed by atoms with E-state index in [2.05, 4.69) is 109 Å². The van der Waals surface area contributed by atoms with Crippen molar-refractivity contribution in [3.8, 4) is 30.0 Å². The highest BCUT2D eigenvalue weighted by atomic mass is 16.6. The molecule has 2 fully saturated rings. The minimum Gasteiger partial charge on any atom is -0.491 e. The second kappa shape index (κ2) is 59.9. The lowest BCUT2D eigenvalue weighted by molar-refractivity contribution is -0.160. The van der Waals surface area contributed by atoms with E-state index in [0.717, 1.165) is 79.5 Å². The minimum atomic E-state index is -0.421. The number of benzene rings is 4. The standard InChI is InChI=1S/C15H20O2.C14H19NO2.C14H22O2.C13H17NO2.C13H17NO.2C9H15NO2.C8H14O2/c1-5-12(4)14-8-6-13(7-9-14)10-17-15(16)11(2)3;1-3-12(2)17-9-8-16-11-14-6-4-13(10-15)5-7-14;1-5-14(3,4)13(15)16-12-9(2)10-6-7-11(12)8-10;1-3-11(2)15-8-9-16-13-6-4-12(10-14)5-7-13;1-4-10(3)11-6-8-12(9-7-11)14-13(15)5-2;2*1-4-9(2,3)8(11)12-7-5-6-10;1-5-8(3,4)7(9)10-6-2/h6-9,12H,2,5,10H2,1,3-4H3;4-7,12H,3,8-9,11H2,1-2H3;10-12H,2,5-8H2,1,3-4H3;4-7,11H,3,8-9H2,1-2H3;5-10H,2,4H2,1,3H3,(H,14,15);2*4-5,7H2,1-3H3;6H,2,5H2,1,3-4H3. The summed E-state index contributed by atoms with van der Waals surface area (Å²) in [5, 5.41) is 36.4. The molecule has 2 aliphatic carbocycles. The minimum absolute atomic E-state index is 0.0112. The number of carbonyl (C=O) groups excluding carboxylic acids is 6. The van der Waals surface area contributed by atoms with Crippen molar-refractivity contribution in [2.24, 2.45) is 33.5 Å². The predicted molar refractivity (Wildman–Crippen MR) is 457 cm³/mol. The average molecular weight is 1590 g/mol. The van der Waals surface area contributed by atoms with Crippen LogP contribution in [0, 0.1) is 78.8 Å². The third-order valence-electron chi connectivity index (χ3n) is 20.1. The molecule has 0 aliphatic heterocycles. The highest BCUT2D eigenvalue weighted by Gasteiger charge is 2.46. The number of carbonyl (C=O) groups is 6. The van der Waals surface area contributed by atoms with E-state index in [4.69, 9.17) is 58.9 Å². The van der Waals surface area contributed by atoms with Gasteiger partial charge in [-0.05, 0) is 247 Å². The first-order chi connectivity index (χ1) is 54.3. The second-order valence-corrected chi connectivity index (χ2v) is 30.8. The molecule has 7 atom stereocenters. The van der Waals surface area contributed by atoms with Gasteiger partial charge in [-0.25, -0.2) is 4.79 Å². The number of amides is 1. The van der Waals surface area contributed by atoms with E-state index in [1.807, 2.05) is 151 Å². The van der Waals surface area contributed by atoms with Gasteiger partial charge in [0, 0.05) is 17.2 Å². The van der Waals surface area contributed by atoms with Crippen LogP contribution < -0.4 is 10.1 Å². The molecule has 4 aromatic carbocycles. The molecule has 7 unspecified atom stereocenters. The quantitative estimate of drug-likeness (QED) is 0.0110. The second-order valence-electron chi connectivity index (χ2n) is 30.8. The summed E-state index contributed by atoms with van der Waals surface area (Å²) in [4.78, 5) is 67.7. The highest BCUT2D eigenvalue weighted by molar-refractivity contribution is 5.98. The van der Waals surface area contributed by atoms with Crippen LogP contribution in [0.2, 0.25) is 0 Å². The number of nitriles is 4. The van der Waals surface area contributed by atoms with Crippen LogP contribution in [0.1, 0.15) is 274 Å². The number of anilines is 1. The molecular weight excluding hydrogens is 1450 g/mol. The molecule has 0 spiro atoms. The average Bonchev–Trinajstić information content (AvgIpc) is 1.64. The Morgan fingerprint density at radius 3 is 1.33 bits per heavy atom. The highest BCUT2D eigenvalue weighted by Crippen LogP contribution is 2.49. The van der Waals surface area contributed by atoms with Crippen molar-refractivity contribution >= 4 is 41.4 Å². The molecule has 1 amide bonds. The van der Waals surface area contributed by atoms with Crippen LogP contribution in [-0.2, 0) is 79.9 Å². The van der Waals surface area contributed by atoms with E-state index in [0.29, 0.717) is 86.1 Å². The van der Waals surface area contributed by atoms with Crippen molar-refractivity contribution in [1.29, 1.82) is 21.0 Å². The first-order valence-corrected chi connectivity index (χ1v) is 40.5. The van der Waals surface area contributed by atoms with Crippen LogP contribution in [-0.4, -0.2) is 93.7 Å². The van der Waals surface area contributed by atoms with E-state index in [1.54, 1.807) is 43.3 Å². The van der Waals surface area contributed by atoms with Gasteiger partial charge in [0.2, 0.25) is 5.91 Å². The van der Waals surface area contributed by atoms with Gasteiger partial charge in [-0.2, -0.15) is 21.0 Å². The largest absolute Gasteiger partial charge is 0.491 e. The molecule has 20 nitrogen and oxygen atoms in total. The monoisotopic (exact) mass is 1590 g/mol. The molecule has 634 valence electrons. The Kier molecular flexibility index (Phi) is 55.9. The fourth-order valence-corrected chi connectivity index (χ4v) is 9.41. The molecule has 0 aromatic heterocycles. The van der Waals surface area contributed by atoms with Gasteiger partial charge in [-0.15, -0.1) is 0 Å². The third kappa shape index (κ3) is 45.8. The van der Waals surface area contributed by atoms with Crippen molar-refractivity contribution in [1.82, 2.24) is 0 Å². The summed E-state index contributed by atoms with van der Waals surface area (Å²) >= 11 is 0. The Morgan fingerprint density at radius 1 is 0.522 bits per heavy atom. The lowest BCUT2D eigenvalue weighted by atomic mass is 9.89. The lowest BCUT2D eigenvalue weighted by Crippen LogP contribution is -2.33. The summed E-state index contributed by atoms with van der Waals surface area (Å²) in [5.74, 6) is 1.84. The zero-order valence-corrected chi connectivity index (χ0v) is 73.5. The van der Waals surface area contributed by atoms with Gasteiger partial charge in [0.15, 0.2) is 0 Å². The SMILES string of the molecule is C=C(C)C(=O)OCc1ccc(C(C)CC)cc1.C=C1C2CCC(C2)C1OC(=O)C(C)(C)CC.C=CC(=O)Nc1ccc(C(C)CC)cc1.C=COC(=O)C(C)(C)CC.CCC(C)(C)C(=O)OCCC#N.CCC(C)(C)C(=O)OCCC#N.CCC(C)OCCOCc1ccc(C#N)cc1.CCC(C)OCCOc1ccc(C#N)cc1. The van der Waals surface area contributed by atoms with Crippen LogP contribution in [0.3, 0.4) is 0 Å². The van der Waals surface area contributed by atoms with E-state index in [9.17, 15) is 28.8 Å². The number of nitrogens with one attached hydrogen (secondary N) is 1. The molecular formula is C95H139N5O15. The topological polar surface area (TPSA) is 293 Å². The number of esters is 5. The van der Waals surface area contributed by atoms with Gasteiger partial charge < -0.3 is 47.9 Å². The molecule has 4 aromatic rings. The van der Waals surface area contributed by atoms with Crippen LogP contribution in [0.25, 0.3) is 0 Å². The van der Waals surface area contributed by atoms with Gasteiger partial charge in [-0.3, -0.25) is 24.0 Å². The Bertz CT molecular complexity index is 3640. The molecule has 115 heavy (non-hydrogen) atoms. The fourth-order valence-electron chi connectivity index (χ4n) is 9.41. The maximum absolute atomic E-state index is 12.0. The molecule has 2 aliphatic rings. The Morgan fingerprint density at radius 2 is 0.939 bits per heavy atom. The smallest absolute Gasteiger partial charge is 0.333 e. The number of nitrogens with zero attached hydrogens (tertiary/aromatic N) is 4. The molecule has 0 radical (unpaired) electrons. The van der Waals surface area contributed by atoms with Crippen LogP contribution in [0.15, 0.2) is 147 Å². The van der Waals surface area contributed by atoms with Crippen LogP contribution >= 0.6 is 0 Å². The molecule has 2 saturated carbocycles. The summed E-state index contributed by atoms with van der Waals surface area (Å²) in [6, 6.07) is 38.6. The van der Waals surface area contributed by atoms with Gasteiger partial charge in [0.05, 0.1) is 115 Å². The number of rotatable bonds is 36. The van der Waals surface area contributed by atoms with Gasteiger partial charge in [0.25, 0.3) is 0 Å². The molecule has 0 heterocycles. The van der Waals surface area contributed by atoms with Crippen molar-refractivity contribution < 1.29 is 71.4 Å². The first kappa shape index (κ1) is 107. The molecule has 0 saturated heterocycles. The number of ether oxygens (including phenoxy) is 9. The maximum Gasteiger partial charge on any atom is 0.333 e. The molecule has 6 rings (SSSR count). The summed E-state index contributed by atoms with van der Waals surface area (Å²) in [7, 11) is 0. The first-order valence-electron chi connectivity index (χ1n) is 40.5. The van der Waals surface area contributed by atoms with Crippen molar-refractivity contribution in [2.75, 3.05) is 45.0 Å². The normalized spacial score (nSPS) is 14.5. The van der Waals surface area contributed by atoms with Crippen LogP contribution in [0.5, 0.6) is 5.75 Å². The molecule has 2 bridgehead atoms. The number of hydrogen-bond donors (Lipinski definition) is 1. The maximum atomic E-state index is 12.0. The zero-order valence-electron chi connectivity index (χ0n) is 73.5. The zero-order chi connectivity index (χ0) is 87.8. The van der Waals surface area contributed by atoms with E-state index in [1.165, 1.54) is 42.7 Å². The van der Waals surface area contributed by atoms with Gasteiger partial charge >= 0.3 is 29.8 Å². The van der Waals surface area contributed by atoms with Crippen molar-refractivity contribution in [3.63, 3.8) is 0 Å². The van der Waals surface area contributed by atoms with E-state index in [-0.39, 0.29) is 84.8 Å². The Labute approximate surface area is 691 Å². The van der Waals surface area contributed by atoms with Crippen LogP contribution in [0.4, 0.5) is 5.69 Å². The van der Waals surface area contributed by atoms with Crippen molar-refractivity contribution in [2.45, 2.75) is 272 Å². The van der Waals surface area contributed by atoms with Gasteiger partial charge in [0.1, 0.15) is 38.3 Å². The van der Waals surface area contributed by atoms with Gasteiger partial charge in [-0.1, -0.05) is 144 Å². The predicted octanol–water partition coefficient (Wildman–Crippen LogP) is 22.0. The summed E-state index contributed by atoms with van der Waals surface area (Å²) in [6.07, 6.45) is 14.6. The number of fused-ring (bicyclic) bond motifs is 2. The summed E-state index contributed by atoms with van der Waals surface area (Å²) in [5.41, 5.74) is 6.85. The summed E-state index contributed by atoms with van der Waals surface area (Å²) in [6.45, 7) is 59.5. The fraction of sp³-hybridized carbons (Fsp3) is 0.558. The summed E-state index contributed by atoms with van der Waals surface area (Å²) < 4.78 is 47.1. The number of hydrogen-bond acceptors (Lipinski definition) is 19. The molecule has 20 heteroatoms. The van der Waals surface area contributed by atoms with E-state index >= 15 is 0 Å².